The van der Waals surface area contributed by atoms with Gasteiger partial charge in [0.1, 0.15) is 5.54 Å². The smallest absolute Gasteiger partial charge is 0.319 e. The zero-order valence-electron chi connectivity index (χ0n) is 12.5. The SMILES string of the molecule is CN(C)C(=O)N1C[C@@H]2CC(N=O)(C3CCCC3)C[C@@H]2C1. The van der Waals surface area contributed by atoms with Crippen LogP contribution in [-0.2, 0) is 0 Å². The van der Waals surface area contributed by atoms with Crippen LogP contribution in [0.1, 0.15) is 38.5 Å². The van der Waals surface area contributed by atoms with Gasteiger partial charge in [-0.25, -0.2) is 4.79 Å². The van der Waals surface area contributed by atoms with Gasteiger partial charge in [-0.05, 0) is 43.4 Å². The van der Waals surface area contributed by atoms with Crippen LogP contribution in [-0.4, -0.2) is 48.6 Å². The largest absolute Gasteiger partial charge is 0.331 e. The van der Waals surface area contributed by atoms with Crippen molar-refractivity contribution in [2.24, 2.45) is 22.9 Å². The molecule has 3 aliphatic rings. The van der Waals surface area contributed by atoms with E-state index in [0.717, 1.165) is 25.9 Å². The maximum absolute atomic E-state index is 12.0. The van der Waals surface area contributed by atoms with Gasteiger partial charge in [0.25, 0.3) is 0 Å². The Kier molecular flexibility index (Phi) is 3.46. The zero-order chi connectivity index (χ0) is 14.3. The molecule has 1 aliphatic heterocycles. The minimum absolute atomic E-state index is 0.102. The average molecular weight is 279 g/mol. The van der Waals surface area contributed by atoms with Gasteiger partial charge < -0.3 is 9.80 Å². The van der Waals surface area contributed by atoms with E-state index in [2.05, 4.69) is 5.18 Å². The van der Waals surface area contributed by atoms with Crippen LogP contribution in [0, 0.1) is 22.7 Å². The molecule has 3 atom stereocenters. The summed E-state index contributed by atoms with van der Waals surface area (Å²) in [5.74, 6) is 1.47. The van der Waals surface area contributed by atoms with Gasteiger partial charge in [-0.1, -0.05) is 18.0 Å². The van der Waals surface area contributed by atoms with Crippen molar-refractivity contribution in [1.29, 1.82) is 0 Å². The minimum Gasteiger partial charge on any atom is -0.331 e. The van der Waals surface area contributed by atoms with Crippen LogP contribution in [0.3, 0.4) is 0 Å². The summed E-state index contributed by atoms with van der Waals surface area (Å²) >= 11 is 0. The van der Waals surface area contributed by atoms with E-state index in [1.807, 2.05) is 4.90 Å². The van der Waals surface area contributed by atoms with Gasteiger partial charge in [0.05, 0.1) is 0 Å². The summed E-state index contributed by atoms with van der Waals surface area (Å²) < 4.78 is 0. The fourth-order valence-corrected chi connectivity index (χ4v) is 4.78. The van der Waals surface area contributed by atoms with Crippen molar-refractivity contribution < 1.29 is 4.79 Å². The highest BCUT2D eigenvalue weighted by atomic mass is 16.3. The first-order chi connectivity index (χ1) is 9.55. The third-order valence-corrected chi connectivity index (χ3v) is 5.76. The van der Waals surface area contributed by atoms with Gasteiger partial charge in [-0.15, -0.1) is 0 Å². The van der Waals surface area contributed by atoms with Crippen molar-refractivity contribution in [3.05, 3.63) is 4.91 Å². The Morgan fingerprint density at radius 3 is 2.15 bits per heavy atom. The molecule has 0 N–H and O–H groups in total. The highest BCUT2D eigenvalue weighted by Crippen LogP contribution is 2.53. The fourth-order valence-electron chi connectivity index (χ4n) is 4.78. The number of amides is 2. The molecule has 2 saturated carbocycles. The van der Waals surface area contributed by atoms with E-state index in [-0.39, 0.29) is 11.6 Å². The molecule has 3 fully saturated rings. The molecule has 2 aliphatic carbocycles. The predicted molar refractivity (Wildman–Crippen MR) is 77.4 cm³/mol. The van der Waals surface area contributed by atoms with Crippen molar-refractivity contribution in [3.63, 3.8) is 0 Å². The number of urea groups is 1. The van der Waals surface area contributed by atoms with Crippen LogP contribution < -0.4 is 0 Å². The Labute approximate surface area is 120 Å². The Hall–Kier alpha value is -1.13. The molecule has 5 nitrogen and oxygen atoms in total. The van der Waals surface area contributed by atoms with Gasteiger partial charge >= 0.3 is 6.03 Å². The summed E-state index contributed by atoms with van der Waals surface area (Å²) in [4.78, 5) is 27.1. The first-order valence-electron chi connectivity index (χ1n) is 7.86. The van der Waals surface area contributed by atoms with Crippen LogP contribution in [0.5, 0.6) is 0 Å². The van der Waals surface area contributed by atoms with Crippen LogP contribution in [0.2, 0.25) is 0 Å². The molecule has 0 aromatic heterocycles. The molecule has 112 valence electrons. The average Bonchev–Trinajstić information content (AvgIpc) is 3.11. The maximum atomic E-state index is 12.0. The molecule has 2 amide bonds. The van der Waals surface area contributed by atoms with Crippen LogP contribution >= 0.6 is 0 Å². The maximum Gasteiger partial charge on any atom is 0.319 e. The van der Waals surface area contributed by atoms with Crippen molar-refractivity contribution in [2.75, 3.05) is 27.2 Å². The van der Waals surface area contributed by atoms with Crippen molar-refractivity contribution >= 4 is 6.03 Å². The molecular weight excluding hydrogens is 254 g/mol. The summed E-state index contributed by atoms with van der Waals surface area (Å²) in [6.45, 7) is 1.62. The van der Waals surface area contributed by atoms with E-state index in [1.165, 1.54) is 25.7 Å². The quantitative estimate of drug-likeness (QED) is 0.730. The number of fused-ring (bicyclic) bond motifs is 1. The van der Waals surface area contributed by atoms with Crippen molar-refractivity contribution in [1.82, 2.24) is 9.80 Å². The molecule has 1 heterocycles. The van der Waals surface area contributed by atoms with Gasteiger partial charge in [0.15, 0.2) is 0 Å². The molecule has 3 rings (SSSR count). The molecule has 5 heteroatoms. The van der Waals surface area contributed by atoms with E-state index < -0.39 is 0 Å². The van der Waals surface area contributed by atoms with Crippen molar-refractivity contribution in [2.45, 2.75) is 44.1 Å². The number of carbonyl (C=O) groups is 1. The predicted octanol–water partition coefficient (Wildman–Crippen LogP) is 2.71. The summed E-state index contributed by atoms with van der Waals surface area (Å²) in [5, 5.41) is 3.62. The zero-order valence-corrected chi connectivity index (χ0v) is 12.5. The number of hydrogen-bond acceptors (Lipinski definition) is 3. The lowest BCUT2D eigenvalue weighted by atomic mass is 9.80. The van der Waals surface area contributed by atoms with E-state index in [9.17, 15) is 9.70 Å². The number of hydrogen-bond donors (Lipinski definition) is 0. The molecule has 0 bridgehead atoms. The van der Waals surface area contributed by atoms with Crippen LogP contribution in [0.15, 0.2) is 5.18 Å². The third kappa shape index (κ3) is 2.11. The first kappa shape index (κ1) is 13.8. The molecule has 0 aromatic carbocycles. The number of likely N-dealkylation sites (tertiary alicyclic amines) is 1. The van der Waals surface area contributed by atoms with E-state index in [4.69, 9.17) is 0 Å². The highest BCUT2D eigenvalue weighted by molar-refractivity contribution is 5.74. The summed E-state index contributed by atoms with van der Waals surface area (Å²) in [5.41, 5.74) is -0.306. The van der Waals surface area contributed by atoms with Gasteiger partial charge in [-0.2, -0.15) is 4.91 Å². The lowest BCUT2D eigenvalue weighted by Crippen LogP contribution is -2.40. The normalized spacial score (nSPS) is 37.2. The molecule has 0 radical (unpaired) electrons. The van der Waals surface area contributed by atoms with Crippen LogP contribution in [0.4, 0.5) is 4.79 Å². The minimum atomic E-state index is -0.306. The molecule has 0 spiro atoms. The standard InChI is InChI=1S/C15H25N3O2/c1-17(2)14(19)18-9-11-7-15(16-20,8-12(11)10-18)13-5-3-4-6-13/h11-13H,3-10H2,1-2H3/t11-,12+,15?. The number of nitrogens with zero attached hydrogens (tertiary/aromatic N) is 3. The highest BCUT2D eigenvalue weighted by Gasteiger charge is 2.54. The second-order valence-electron chi connectivity index (χ2n) is 7.19. The number of carbonyl (C=O) groups excluding carboxylic acids is 1. The van der Waals surface area contributed by atoms with Crippen LogP contribution in [0.25, 0.3) is 0 Å². The second-order valence-corrected chi connectivity index (χ2v) is 7.19. The Bertz CT molecular complexity index is 390. The van der Waals surface area contributed by atoms with E-state index in [1.54, 1.807) is 19.0 Å². The van der Waals surface area contributed by atoms with Gasteiger partial charge in [-0.3, -0.25) is 0 Å². The number of rotatable bonds is 2. The van der Waals surface area contributed by atoms with Gasteiger partial charge in [0, 0.05) is 27.2 Å². The Balaban J connectivity index is 1.68. The van der Waals surface area contributed by atoms with Crippen molar-refractivity contribution in [3.8, 4) is 0 Å². The topological polar surface area (TPSA) is 53.0 Å². The third-order valence-electron chi connectivity index (χ3n) is 5.76. The lowest BCUT2D eigenvalue weighted by Gasteiger charge is -2.30. The summed E-state index contributed by atoms with van der Waals surface area (Å²) in [6.07, 6.45) is 6.66. The molecule has 20 heavy (non-hydrogen) atoms. The number of nitroso groups, excluding NO2 is 1. The summed E-state index contributed by atoms with van der Waals surface area (Å²) in [7, 11) is 3.60. The second kappa shape index (κ2) is 5.01. The fraction of sp³-hybridized carbons (Fsp3) is 0.933. The molecule has 1 unspecified atom stereocenters. The van der Waals surface area contributed by atoms with E-state index in [0.29, 0.717) is 17.8 Å². The molecular formula is C15H25N3O2. The lowest BCUT2D eigenvalue weighted by molar-refractivity contribution is 0.172. The Morgan fingerprint density at radius 1 is 1.15 bits per heavy atom. The monoisotopic (exact) mass is 279 g/mol. The molecule has 0 aromatic rings. The Morgan fingerprint density at radius 2 is 1.70 bits per heavy atom. The van der Waals surface area contributed by atoms with Gasteiger partial charge in [0.2, 0.25) is 0 Å². The van der Waals surface area contributed by atoms with E-state index >= 15 is 0 Å². The molecule has 1 saturated heterocycles. The first-order valence-corrected chi connectivity index (χ1v) is 7.86. The summed E-state index contributed by atoms with van der Waals surface area (Å²) in [6, 6.07) is 0.102.